The summed E-state index contributed by atoms with van der Waals surface area (Å²) in [6.07, 6.45) is 2.25. The Balaban J connectivity index is 1.46. The quantitative estimate of drug-likeness (QED) is 0.647. The van der Waals surface area contributed by atoms with Gasteiger partial charge in [0.25, 0.3) is 5.91 Å². The third-order valence-corrected chi connectivity index (χ3v) is 4.01. The number of aryl methyl sites for hydroxylation is 1. The molecule has 1 aromatic heterocycles. The summed E-state index contributed by atoms with van der Waals surface area (Å²) in [5, 5.41) is 11.2. The van der Waals surface area contributed by atoms with Crippen LogP contribution < -0.4 is 10.1 Å². The molecule has 1 N–H and O–H groups in total. The van der Waals surface area contributed by atoms with Gasteiger partial charge in [-0.1, -0.05) is 41.1 Å². The van der Waals surface area contributed by atoms with Crippen molar-refractivity contribution < 1.29 is 9.53 Å². The minimum Gasteiger partial charge on any atom is -0.494 e. The lowest BCUT2D eigenvalue weighted by atomic mass is 10.2. The highest BCUT2D eigenvalue weighted by Crippen LogP contribution is 2.18. The van der Waals surface area contributed by atoms with Gasteiger partial charge in [-0.3, -0.25) is 4.79 Å². The summed E-state index contributed by atoms with van der Waals surface area (Å²) in [4.78, 5) is 12.2. The molecule has 0 aliphatic heterocycles. The largest absolute Gasteiger partial charge is 0.494 e. The average Bonchev–Trinajstić information content (AvgIpc) is 3.12. The molecule has 134 valence electrons. The van der Waals surface area contributed by atoms with Gasteiger partial charge in [0.1, 0.15) is 5.75 Å². The molecule has 0 saturated carbocycles. The Bertz CT molecular complexity index is 895. The molecule has 0 unspecified atom stereocenters. The second-order valence-corrected chi connectivity index (χ2v) is 6.18. The molecule has 0 fully saturated rings. The average molecular weight is 371 g/mol. The predicted molar refractivity (Wildman–Crippen MR) is 100.0 cm³/mol. The first-order chi connectivity index (χ1) is 12.6. The van der Waals surface area contributed by atoms with E-state index in [9.17, 15) is 4.79 Å². The summed E-state index contributed by atoms with van der Waals surface area (Å²) in [6, 6.07) is 15.1. The van der Waals surface area contributed by atoms with Crippen LogP contribution in [0.25, 0.3) is 5.69 Å². The lowest BCUT2D eigenvalue weighted by molar-refractivity contribution is 0.0946. The number of benzene rings is 2. The van der Waals surface area contributed by atoms with Crippen LogP contribution in [0.5, 0.6) is 5.75 Å². The monoisotopic (exact) mass is 370 g/mol. The molecule has 1 amide bonds. The molecular formula is C19H19ClN4O2. The smallest absolute Gasteiger partial charge is 0.273 e. The van der Waals surface area contributed by atoms with E-state index in [-0.39, 0.29) is 11.6 Å². The molecule has 7 heteroatoms. The Labute approximate surface area is 156 Å². The molecule has 3 aromatic rings. The summed E-state index contributed by atoms with van der Waals surface area (Å²) < 4.78 is 7.14. The van der Waals surface area contributed by atoms with Crippen molar-refractivity contribution in [1.29, 1.82) is 0 Å². The summed E-state index contributed by atoms with van der Waals surface area (Å²) in [6.45, 7) is 3.03. The fraction of sp³-hybridized carbons (Fsp3) is 0.211. The number of carbonyl (C=O) groups excluding carboxylic acids is 1. The molecule has 6 nitrogen and oxygen atoms in total. The highest BCUT2D eigenvalue weighted by Gasteiger charge is 2.12. The van der Waals surface area contributed by atoms with Crippen molar-refractivity contribution in [1.82, 2.24) is 20.3 Å². The van der Waals surface area contributed by atoms with Crippen LogP contribution in [0, 0.1) is 6.92 Å². The van der Waals surface area contributed by atoms with Crippen molar-refractivity contribution in [3.63, 3.8) is 0 Å². The zero-order valence-corrected chi connectivity index (χ0v) is 15.1. The number of aromatic nitrogens is 3. The molecule has 3 rings (SSSR count). The van der Waals surface area contributed by atoms with Crippen molar-refractivity contribution in [3.05, 3.63) is 71.0 Å². The highest BCUT2D eigenvalue weighted by atomic mass is 35.5. The van der Waals surface area contributed by atoms with Crippen LogP contribution in [-0.2, 0) is 0 Å². The van der Waals surface area contributed by atoms with E-state index >= 15 is 0 Å². The summed E-state index contributed by atoms with van der Waals surface area (Å²) in [7, 11) is 0. The fourth-order valence-corrected chi connectivity index (χ4v) is 2.61. The Hall–Kier alpha value is -2.86. The van der Waals surface area contributed by atoms with E-state index < -0.39 is 0 Å². The predicted octanol–water partition coefficient (Wildman–Crippen LogP) is 3.43. The molecule has 1 heterocycles. The third kappa shape index (κ3) is 4.61. The van der Waals surface area contributed by atoms with Gasteiger partial charge in [-0.2, -0.15) is 0 Å². The van der Waals surface area contributed by atoms with Crippen molar-refractivity contribution in [3.8, 4) is 11.4 Å². The summed E-state index contributed by atoms with van der Waals surface area (Å²) >= 11 is 6.12. The van der Waals surface area contributed by atoms with E-state index in [4.69, 9.17) is 16.3 Å². The number of hydrogen-bond acceptors (Lipinski definition) is 4. The van der Waals surface area contributed by atoms with E-state index in [0.717, 1.165) is 11.3 Å². The number of amides is 1. The van der Waals surface area contributed by atoms with E-state index in [1.807, 2.05) is 43.3 Å². The molecule has 0 radical (unpaired) electrons. The van der Waals surface area contributed by atoms with E-state index in [1.54, 1.807) is 18.3 Å². The molecule has 0 spiro atoms. The Morgan fingerprint density at radius 2 is 2.08 bits per heavy atom. The molecule has 0 bridgehead atoms. The van der Waals surface area contributed by atoms with Gasteiger partial charge >= 0.3 is 0 Å². The Kier molecular flexibility index (Phi) is 5.86. The zero-order valence-electron chi connectivity index (χ0n) is 14.4. The minimum absolute atomic E-state index is 0.240. The number of carbonyl (C=O) groups is 1. The number of ether oxygens (including phenoxy) is 1. The van der Waals surface area contributed by atoms with E-state index in [0.29, 0.717) is 30.3 Å². The molecule has 0 aliphatic carbocycles. The van der Waals surface area contributed by atoms with Gasteiger partial charge in [-0.15, -0.1) is 5.10 Å². The molecule has 0 saturated heterocycles. The van der Waals surface area contributed by atoms with Crippen molar-refractivity contribution in [2.24, 2.45) is 0 Å². The van der Waals surface area contributed by atoms with Gasteiger partial charge in [0, 0.05) is 6.54 Å². The third-order valence-electron chi connectivity index (χ3n) is 3.69. The number of hydrogen-bond donors (Lipinski definition) is 1. The van der Waals surface area contributed by atoms with Crippen molar-refractivity contribution in [2.75, 3.05) is 13.2 Å². The maximum atomic E-state index is 12.2. The second-order valence-electron chi connectivity index (χ2n) is 5.77. The normalized spacial score (nSPS) is 10.5. The number of nitrogens with zero attached hydrogens (tertiary/aromatic N) is 3. The first-order valence-corrected chi connectivity index (χ1v) is 8.66. The van der Waals surface area contributed by atoms with E-state index in [1.165, 1.54) is 4.68 Å². The fourth-order valence-electron chi connectivity index (χ4n) is 2.38. The lowest BCUT2D eigenvalue weighted by Crippen LogP contribution is -2.25. The van der Waals surface area contributed by atoms with Gasteiger partial charge in [0.2, 0.25) is 0 Å². The van der Waals surface area contributed by atoms with Gasteiger partial charge in [0.15, 0.2) is 5.69 Å². The minimum atomic E-state index is -0.279. The van der Waals surface area contributed by atoms with Gasteiger partial charge in [0.05, 0.1) is 23.5 Å². The summed E-state index contributed by atoms with van der Waals surface area (Å²) in [5.74, 6) is 0.554. The van der Waals surface area contributed by atoms with E-state index in [2.05, 4.69) is 15.6 Å². The molecule has 0 aliphatic rings. The highest BCUT2D eigenvalue weighted by molar-refractivity contribution is 6.32. The zero-order chi connectivity index (χ0) is 18.4. The topological polar surface area (TPSA) is 69.0 Å². The van der Waals surface area contributed by atoms with Crippen LogP contribution in [-0.4, -0.2) is 34.1 Å². The maximum absolute atomic E-state index is 12.2. The lowest BCUT2D eigenvalue weighted by Gasteiger charge is -2.07. The van der Waals surface area contributed by atoms with Gasteiger partial charge < -0.3 is 10.1 Å². The Morgan fingerprint density at radius 3 is 2.88 bits per heavy atom. The standard InChI is InChI=1S/C19H19ClN4O2/c1-14-6-4-7-15(12-14)26-11-5-10-21-19(25)17-13-24(23-22-17)18-9-3-2-8-16(18)20/h2-4,6-9,12-13H,5,10-11H2,1H3,(H,21,25). The number of halogens is 1. The van der Waals surface area contributed by atoms with Crippen LogP contribution >= 0.6 is 11.6 Å². The second kappa shape index (κ2) is 8.49. The molecule has 2 aromatic carbocycles. The van der Waals surface area contributed by atoms with Crippen LogP contribution in [0.1, 0.15) is 22.5 Å². The summed E-state index contributed by atoms with van der Waals surface area (Å²) in [5.41, 5.74) is 2.06. The van der Waals surface area contributed by atoms with Crippen LogP contribution in [0.2, 0.25) is 5.02 Å². The first-order valence-electron chi connectivity index (χ1n) is 8.28. The van der Waals surface area contributed by atoms with Crippen molar-refractivity contribution >= 4 is 17.5 Å². The molecular weight excluding hydrogens is 352 g/mol. The SMILES string of the molecule is Cc1cccc(OCCCNC(=O)c2cn(-c3ccccc3Cl)nn2)c1. The van der Waals surface area contributed by atoms with Gasteiger partial charge in [-0.05, 0) is 43.2 Å². The maximum Gasteiger partial charge on any atom is 0.273 e. The number of para-hydroxylation sites is 1. The van der Waals surface area contributed by atoms with Crippen LogP contribution in [0.4, 0.5) is 0 Å². The number of nitrogens with one attached hydrogen (secondary N) is 1. The number of rotatable bonds is 7. The first kappa shape index (κ1) is 17.9. The van der Waals surface area contributed by atoms with Crippen LogP contribution in [0.15, 0.2) is 54.7 Å². The molecule has 26 heavy (non-hydrogen) atoms. The molecule has 0 atom stereocenters. The van der Waals surface area contributed by atoms with Gasteiger partial charge in [-0.25, -0.2) is 4.68 Å². The van der Waals surface area contributed by atoms with Crippen LogP contribution in [0.3, 0.4) is 0 Å². The Morgan fingerprint density at radius 1 is 1.23 bits per heavy atom. The van der Waals surface area contributed by atoms with Crippen molar-refractivity contribution in [2.45, 2.75) is 13.3 Å².